The Bertz CT molecular complexity index is 1090. The van der Waals surface area contributed by atoms with Gasteiger partial charge in [-0.05, 0) is 58.8 Å². The Morgan fingerprint density at radius 1 is 1.00 bits per heavy atom. The molecule has 1 saturated carbocycles. The summed E-state index contributed by atoms with van der Waals surface area (Å²) >= 11 is 0. The van der Waals surface area contributed by atoms with Gasteiger partial charge >= 0.3 is 12.2 Å². The molecule has 0 radical (unpaired) electrons. The summed E-state index contributed by atoms with van der Waals surface area (Å²) in [6, 6.07) is -0.441. The van der Waals surface area contributed by atoms with E-state index in [4.69, 9.17) is 29.4 Å². The van der Waals surface area contributed by atoms with Crippen LogP contribution >= 0.6 is 0 Å². The van der Waals surface area contributed by atoms with Crippen molar-refractivity contribution >= 4 is 24.0 Å². The highest BCUT2D eigenvalue weighted by molar-refractivity contribution is 5.85. The van der Waals surface area contributed by atoms with E-state index in [0.29, 0.717) is 26.1 Å². The monoisotopic (exact) mass is 667 g/mol. The summed E-state index contributed by atoms with van der Waals surface area (Å²) in [6.45, 7) is 11.5. The Morgan fingerprint density at radius 3 is 2.28 bits per heavy atom. The first-order chi connectivity index (χ1) is 22.3. The van der Waals surface area contributed by atoms with E-state index in [9.17, 15) is 19.2 Å². The number of hydrogen-bond donors (Lipinski definition) is 5. The third-order valence-corrected chi connectivity index (χ3v) is 9.32. The second kappa shape index (κ2) is 18.0. The van der Waals surface area contributed by atoms with Crippen LogP contribution in [0.2, 0.25) is 0 Å². The van der Waals surface area contributed by atoms with E-state index >= 15 is 0 Å². The number of unbranched alkanes of at least 4 members (excludes halogenated alkanes) is 3. The van der Waals surface area contributed by atoms with Gasteiger partial charge < -0.3 is 50.7 Å². The smallest absolute Gasteiger partial charge is 0.407 e. The lowest BCUT2D eigenvalue weighted by atomic mass is 9.68. The molecule has 0 bridgehead atoms. The number of ether oxygens (including phenoxy) is 5. The van der Waals surface area contributed by atoms with Crippen LogP contribution in [-0.4, -0.2) is 106 Å². The Kier molecular flexibility index (Phi) is 14.7. The first-order valence-electron chi connectivity index (χ1n) is 16.9. The summed E-state index contributed by atoms with van der Waals surface area (Å²) in [5.41, 5.74) is 5.69. The molecule has 2 saturated heterocycles. The summed E-state index contributed by atoms with van der Waals surface area (Å²) in [7, 11) is 1.64. The molecule has 14 heteroatoms. The normalized spacial score (nSPS) is 28.2. The van der Waals surface area contributed by atoms with Crippen LogP contribution in [0.15, 0.2) is 11.6 Å². The molecule has 268 valence electrons. The average molecular weight is 668 g/mol. The predicted molar refractivity (Wildman–Crippen MR) is 174 cm³/mol. The van der Waals surface area contributed by atoms with Gasteiger partial charge in [0.2, 0.25) is 11.8 Å². The number of hydrogen-bond acceptors (Lipinski definition) is 10. The van der Waals surface area contributed by atoms with Gasteiger partial charge in [0.05, 0.1) is 37.8 Å². The molecular weight excluding hydrogens is 610 g/mol. The van der Waals surface area contributed by atoms with Gasteiger partial charge in [-0.3, -0.25) is 9.59 Å². The summed E-state index contributed by atoms with van der Waals surface area (Å²) in [6.07, 6.45) is 5.72. The first-order valence-corrected chi connectivity index (χ1v) is 16.9. The van der Waals surface area contributed by atoms with Crippen LogP contribution in [-0.2, 0) is 33.3 Å². The number of nitrogens with two attached hydrogens (primary N) is 1. The van der Waals surface area contributed by atoms with Crippen molar-refractivity contribution in [2.45, 2.75) is 115 Å². The predicted octanol–water partition coefficient (Wildman–Crippen LogP) is 2.29. The molecule has 7 atom stereocenters. The van der Waals surface area contributed by atoms with Crippen molar-refractivity contribution in [3.8, 4) is 0 Å². The minimum Gasteiger partial charge on any atom is -0.447 e. The van der Waals surface area contributed by atoms with Crippen LogP contribution < -0.4 is 27.0 Å². The fourth-order valence-corrected chi connectivity index (χ4v) is 6.35. The highest BCUT2D eigenvalue weighted by Crippen LogP contribution is 2.59. The van der Waals surface area contributed by atoms with Gasteiger partial charge in [-0.15, -0.1) is 0 Å². The van der Waals surface area contributed by atoms with Crippen molar-refractivity contribution in [3.63, 3.8) is 0 Å². The Morgan fingerprint density at radius 2 is 1.68 bits per heavy atom. The molecule has 47 heavy (non-hydrogen) atoms. The molecular formula is C33H57N5O9. The van der Waals surface area contributed by atoms with Crippen molar-refractivity contribution in [1.82, 2.24) is 21.3 Å². The van der Waals surface area contributed by atoms with E-state index in [1.807, 2.05) is 13.8 Å². The summed E-state index contributed by atoms with van der Waals surface area (Å²) < 4.78 is 29.6. The summed E-state index contributed by atoms with van der Waals surface area (Å²) in [5, 5.41) is 10.8. The van der Waals surface area contributed by atoms with E-state index in [1.54, 1.807) is 7.11 Å². The average Bonchev–Trinajstić information content (AvgIpc) is 3.95. The SMILES string of the molecule is COC1C(OC(=O)N[C@@H](COC(=O)NCCCCCCNC(=O)CNC(=O)CN)C(C)C)CC[C@]2(CO2)C1C1(C)O[C@@H]1CC=C(C)C. The molecule has 4 amide bonds. The Labute approximate surface area is 278 Å². The number of alkyl carbamates (subject to hydrolysis) is 2. The van der Waals surface area contributed by atoms with Crippen molar-refractivity contribution in [2.75, 3.05) is 46.5 Å². The second-order valence-electron chi connectivity index (χ2n) is 13.6. The highest BCUT2D eigenvalue weighted by atomic mass is 16.6. The number of amides is 4. The number of epoxide rings is 2. The fraction of sp³-hybridized carbons (Fsp3) is 0.818. The molecule has 0 aromatic carbocycles. The lowest BCUT2D eigenvalue weighted by molar-refractivity contribution is -0.125. The second-order valence-corrected chi connectivity index (χ2v) is 13.6. The van der Waals surface area contributed by atoms with Crippen LogP contribution in [0.5, 0.6) is 0 Å². The quantitative estimate of drug-likeness (QED) is 0.0775. The first kappa shape index (κ1) is 38.5. The molecule has 4 unspecified atom stereocenters. The van der Waals surface area contributed by atoms with Crippen molar-refractivity contribution < 1.29 is 42.9 Å². The van der Waals surface area contributed by atoms with E-state index in [-0.39, 0.29) is 61.2 Å². The fourth-order valence-electron chi connectivity index (χ4n) is 6.35. The van der Waals surface area contributed by atoms with E-state index < -0.39 is 29.9 Å². The molecule has 2 aliphatic heterocycles. The third kappa shape index (κ3) is 11.6. The van der Waals surface area contributed by atoms with Gasteiger partial charge in [0.1, 0.15) is 30.0 Å². The number of carbonyl (C=O) groups is 4. The third-order valence-electron chi connectivity index (χ3n) is 9.32. The highest BCUT2D eigenvalue weighted by Gasteiger charge is 2.72. The van der Waals surface area contributed by atoms with Crippen LogP contribution in [0.25, 0.3) is 0 Å². The largest absolute Gasteiger partial charge is 0.447 e. The standard InChI is InChI=1S/C33H57N5O9/c1-21(2)11-12-25-32(5,47-25)29-28(43-6)24(13-14-33(29)20-45-33)46-31(42)38-23(22(3)4)19-44-30(41)36-16-10-8-7-9-15-35-27(40)18-37-26(39)17-34/h11,22-25,28-29H,7-10,12-20,34H2,1-6H3,(H,35,40)(H,36,41)(H,37,39)(H,38,42)/t23-,24?,25+,28?,29?,32?,33-/m0/s1. The van der Waals surface area contributed by atoms with Gasteiger partial charge in [-0.1, -0.05) is 38.3 Å². The maximum atomic E-state index is 13.1. The Hall–Kier alpha value is -2.94. The summed E-state index contributed by atoms with van der Waals surface area (Å²) in [5.74, 6) is -0.719. The zero-order chi connectivity index (χ0) is 34.6. The van der Waals surface area contributed by atoms with Crippen LogP contribution in [0, 0.1) is 11.8 Å². The number of allylic oxidation sites excluding steroid dienone is 1. The molecule has 0 aromatic rings. The van der Waals surface area contributed by atoms with E-state index in [1.165, 1.54) is 5.57 Å². The Balaban J connectivity index is 1.35. The maximum Gasteiger partial charge on any atom is 0.407 e. The van der Waals surface area contributed by atoms with Gasteiger partial charge in [0.15, 0.2) is 0 Å². The maximum absolute atomic E-state index is 13.1. The van der Waals surface area contributed by atoms with Gasteiger partial charge in [-0.2, -0.15) is 0 Å². The van der Waals surface area contributed by atoms with Gasteiger partial charge in [0, 0.05) is 20.2 Å². The molecule has 3 rings (SSSR count). The molecule has 3 aliphatic rings. The molecule has 6 N–H and O–H groups in total. The molecule has 1 aliphatic carbocycles. The number of carbonyl (C=O) groups excluding carboxylic acids is 4. The number of rotatable bonds is 19. The van der Waals surface area contributed by atoms with E-state index in [0.717, 1.165) is 38.5 Å². The molecule has 0 aromatic heterocycles. The number of methoxy groups -OCH3 is 1. The lowest BCUT2D eigenvalue weighted by Gasteiger charge is -2.42. The van der Waals surface area contributed by atoms with E-state index in [2.05, 4.69) is 48.1 Å². The minimum atomic E-state index is -0.578. The molecule has 14 nitrogen and oxygen atoms in total. The van der Waals surface area contributed by atoms with Crippen LogP contribution in [0.3, 0.4) is 0 Å². The van der Waals surface area contributed by atoms with Crippen molar-refractivity contribution in [2.24, 2.45) is 17.6 Å². The molecule has 3 fully saturated rings. The lowest BCUT2D eigenvalue weighted by Crippen LogP contribution is -2.56. The zero-order valence-electron chi connectivity index (χ0n) is 29.0. The van der Waals surface area contributed by atoms with Crippen molar-refractivity contribution in [1.29, 1.82) is 0 Å². The van der Waals surface area contributed by atoms with Gasteiger partial charge in [0.25, 0.3) is 0 Å². The minimum absolute atomic E-state index is 0.0000637. The van der Waals surface area contributed by atoms with Crippen molar-refractivity contribution in [3.05, 3.63) is 11.6 Å². The van der Waals surface area contributed by atoms with Crippen LogP contribution in [0.1, 0.15) is 79.6 Å². The number of nitrogens with one attached hydrogen (secondary N) is 4. The molecule has 1 spiro atoms. The zero-order valence-corrected chi connectivity index (χ0v) is 29.0. The molecule has 2 heterocycles. The summed E-state index contributed by atoms with van der Waals surface area (Å²) in [4.78, 5) is 48.1. The van der Waals surface area contributed by atoms with Gasteiger partial charge in [-0.25, -0.2) is 9.59 Å². The van der Waals surface area contributed by atoms with Crippen LogP contribution in [0.4, 0.5) is 9.59 Å². The topological polar surface area (TPSA) is 195 Å².